The van der Waals surface area contributed by atoms with Gasteiger partial charge in [-0.05, 0) is 25.3 Å². The van der Waals surface area contributed by atoms with Crippen LogP contribution in [-0.4, -0.2) is 68.1 Å². The van der Waals surface area contributed by atoms with Crippen LogP contribution in [0, 0.1) is 5.92 Å². The molecule has 0 spiro atoms. The van der Waals surface area contributed by atoms with E-state index in [-0.39, 0.29) is 11.9 Å². The third-order valence-electron chi connectivity index (χ3n) is 4.22. The fourth-order valence-electron chi connectivity index (χ4n) is 2.68. The van der Waals surface area contributed by atoms with Gasteiger partial charge in [-0.15, -0.1) is 0 Å². The summed E-state index contributed by atoms with van der Waals surface area (Å²) in [5.74, 6) is 0.560. The summed E-state index contributed by atoms with van der Waals surface area (Å²) in [4.78, 5) is 27.3. The molecule has 1 aliphatic rings. The Bertz CT molecular complexity index is 328. The zero-order chi connectivity index (χ0) is 15.7. The number of nitrogens with zero attached hydrogens (tertiary/aromatic N) is 2. The van der Waals surface area contributed by atoms with Gasteiger partial charge in [0.05, 0.1) is 13.7 Å². The third-order valence-corrected chi connectivity index (χ3v) is 4.22. The molecule has 1 atom stereocenters. The van der Waals surface area contributed by atoms with Crippen molar-refractivity contribution in [3.63, 3.8) is 0 Å². The summed E-state index contributed by atoms with van der Waals surface area (Å²) in [6.07, 6.45) is 3.61. The molecule has 6 heteroatoms. The van der Waals surface area contributed by atoms with E-state index < -0.39 is 0 Å². The number of methoxy groups -OCH3 is 1. The standard InChI is InChI=1S/C15H29N3O3/c1-3-13(6-7-16)4-5-14(19)18-10-8-17(9-11-18)12-15(20)21-2/h13H,3-12,16H2,1-2H3. The molecule has 0 aromatic heterocycles. The monoisotopic (exact) mass is 299 g/mol. The molecule has 0 saturated carbocycles. The Balaban J connectivity index is 2.26. The van der Waals surface area contributed by atoms with Crippen LogP contribution >= 0.6 is 0 Å². The summed E-state index contributed by atoms with van der Waals surface area (Å²) in [6.45, 7) is 6.02. The lowest BCUT2D eigenvalue weighted by atomic mass is 9.96. The van der Waals surface area contributed by atoms with E-state index in [9.17, 15) is 9.59 Å². The Morgan fingerprint density at radius 1 is 1.19 bits per heavy atom. The van der Waals surface area contributed by atoms with Gasteiger partial charge in [-0.3, -0.25) is 14.5 Å². The van der Waals surface area contributed by atoms with Crippen molar-refractivity contribution in [2.24, 2.45) is 11.7 Å². The highest BCUT2D eigenvalue weighted by Gasteiger charge is 2.22. The quantitative estimate of drug-likeness (QED) is 0.659. The van der Waals surface area contributed by atoms with Crippen LogP contribution in [-0.2, 0) is 14.3 Å². The zero-order valence-corrected chi connectivity index (χ0v) is 13.3. The number of hydrogen-bond acceptors (Lipinski definition) is 5. The number of hydrogen-bond donors (Lipinski definition) is 1. The second-order valence-corrected chi connectivity index (χ2v) is 5.62. The highest BCUT2D eigenvalue weighted by molar-refractivity contribution is 5.76. The van der Waals surface area contributed by atoms with Crippen LogP contribution in [0.15, 0.2) is 0 Å². The smallest absolute Gasteiger partial charge is 0.319 e. The van der Waals surface area contributed by atoms with Crippen LogP contribution in [0.25, 0.3) is 0 Å². The third kappa shape index (κ3) is 6.44. The Morgan fingerprint density at radius 3 is 2.38 bits per heavy atom. The van der Waals surface area contributed by atoms with Crippen molar-refractivity contribution in [3.8, 4) is 0 Å². The maximum atomic E-state index is 12.2. The summed E-state index contributed by atoms with van der Waals surface area (Å²) in [7, 11) is 1.40. The fourth-order valence-corrected chi connectivity index (χ4v) is 2.68. The number of rotatable bonds is 8. The molecule has 0 aromatic carbocycles. The highest BCUT2D eigenvalue weighted by atomic mass is 16.5. The predicted octanol–water partition coefficient (Wildman–Crippen LogP) is 0.459. The molecule has 0 aromatic rings. The van der Waals surface area contributed by atoms with Crippen LogP contribution in [0.4, 0.5) is 0 Å². The topological polar surface area (TPSA) is 75.9 Å². The number of nitrogens with two attached hydrogens (primary N) is 1. The minimum Gasteiger partial charge on any atom is -0.468 e. The van der Waals surface area contributed by atoms with E-state index in [0.717, 1.165) is 32.4 Å². The molecule has 1 unspecified atom stereocenters. The molecule has 1 saturated heterocycles. The molecule has 1 fully saturated rings. The SMILES string of the molecule is CCC(CCN)CCC(=O)N1CCN(CC(=O)OC)CC1. The first-order valence-corrected chi connectivity index (χ1v) is 7.87. The molecule has 21 heavy (non-hydrogen) atoms. The predicted molar refractivity (Wildman–Crippen MR) is 81.7 cm³/mol. The molecule has 1 amide bonds. The fraction of sp³-hybridized carbons (Fsp3) is 0.867. The molecule has 0 bridgehead atoms. The van der Waals surface area contributed by atoms with Crippen molar-refractivity contribution in [2.75, 3.05) is 46.4 Å². The number of esters is 1. The summed E-state index contributed by atoms with van der Waals surface area (Å²) >= 11 is 0. The van der Waals surface area contributed by atoms with Crippen molar-refractivity contribution in [1.82, 2.24) is 9.80 Å². The first kappa shape index (κ1) is 17.9. The van der Waals surface area contributed by atoms with Gasteiger partial charge in [0.2, 0.25) is 5.91 Å². The lowest BCUT2D eigenvalue weighted by Crippen LogP contribution is -2.50. The van der Waals surface area contributed by atoms with Gasteiger partial charge in [-0.1, -0.05) is 13.3 Å². The minimum atomic E-state index is -0.220. The molecule has 1 rings (SSSR count). The lowest BCUT2D eigenvalue weighted by Gasteiger charge is -2.34. The van der Waals surface area contributed by atoms with Crippen molar-refractivity contribution in [1.29, 1.82) is 0 Å². The van der Waals surface area contributed by atoms with Gasteiger partial charge in [0, 0.05) is 32.6 Å². The van der Waals surface area contributed by atoms with Gasteiger partial charge in [0.25, 0.3) is 0 Å². The molecule has 6 nitrogen and oxygen atoms in total. The lowest BCUT2D eigenvalue weighted by molar-refractivity contribution is -0.142. The van der Waals surface area contributed by atoms with E-state index in [1.807, 2.05) is 9.80 Å². The van der Waals surface area contributed by atoms with Crippen LogP contribution < -0.4 is 5.73 Å². The van der Waals surface area contributed by atoms with E-state index >= 15 is 0 Å². The van der Waals surface area contributed by atoms with Gasteiger partial charge in [0.15, 0.2) is 0 Å². The molecule has 1 aliphatic heterocycles. The van der Waals surface area contributed by atoms with E-state index in [2.05, 4.69) is 11.7 Å². The maximum Gasteiger partial charge on any atom is 0.319 e. The van der Waals surface area contributed by atoms with Gasteiger partial charge in [0.1, 0.15) is 0 Å². The highest BCUT2D eigenvalue weighted by Crippen LogP contribution is 2.16. The average molecular weight is 299 g/mol. The first-order valence-electron chi connectivity index (χ1n) is 7.87. The molecule has 0 aliphatic carbocycles. The molecular weight excluding hydrogens is 270 g/mol. The van der Waals surface area contributed by atoms with Gasteiger partial charge in [-0.25, -0.2) is 0 Å². The zero-order valence-electron chi connectivity index (χ0n) is 13.3. The normalized spacial score (nSPS) is 17.6. The Kier molecular flexibility index (Phi) is 8.30. The van der Waals surface area contributed by atoms with E-state index in [4.69, 9.17) is 5.73 Å². The summed E-state index contributed by atoms with van der Waals surface area (Å²) in [5, 5.41) is 0. The van der Waals surface area contributed by atoms with Crippen LogP contribution in [0.1, 0.15) is 32.6 Å². The number of amides is 1. The molecular formula is C15H29N3O3. The van der Waals surface area contributed by atoms with Gasteiger partial charge in [-0.2, -0.15) is 0 Å². The first-order chi connectivity index (χ1) is 10.1. The van der Waals surface area contributed by atoms with Gasteiger partial charge >= 0.3 is 5.97 Å². The van der Waals surface area contributed by atoms with Crippen LogP contribution in [0.3, 0.4) is 0 Å². The Hall–Kier alpha value is -1.14. The minimum absolute atomic E-state index is 0.220. The van der Waals surface area contributed by atoms with E-state index in [0.29, 0.717) is 38.5 Å². The second kappa shape index (κ2) is 9.73. The van der Waals surface area contributed by atoms with E-state index in [1.165, 1.54) is 7.11 Å². The number of carbonyl (C=O) groups is 2. The van der Waals surface area contributed by atoms with Crippen molar-refractivity contribution in [2.45, 2.75) is 32.6 Å². The largest absolute Gasteiger partial charge is 0.468 e. The molecule has 2 N–H and O–H groups in total. The molecule has 1 heterocycles. The molecule has 0 radical (unpaired) electrons. The van der Waals surface area contributed by atoms with Crippen molar-refractivity contribution >= 4 is 11.9 Å². The van der Waals surface area contributed by atoms with Gasteiger partial charge < -0.3 is 15.4 Å². The Labute approximate surface area is 127 Å². The van der Waals surface area contributed by atoms with Crippen molar-refractivity contribution in [3.05, 3.63) is 0 Å². The summed E-state index contributed by atoms with van der Waals surface area (Å²) < 4.78 is 4.66. The van der Waals surface area contributed by atoms with Crippen molar-refractivity contribution < 1.29 is 14.3 Å². The summed E-state index contributed by atoms with van der Waals surface area (Å²) in [5.41, 5.74) is 5.58. The Morgan fingerprint density at radius 2 is 1.86 bits per heavy atom. The average Bonchev–Trinajstić information content (AvgIpc) is 2.51. The maximum absolute atomic E-state index is 12.2. The molecule has 122 valence electrons. The number of carbonyl (C=O) groups excluding carboxylic acids is 2. The number of ether oxygens (including phenoxy) is 1. The number of piperazine rings is 1. The second-order valence-electron chi connectivity index (χ2n) is 5.62. The summed E-state index contributed by atoms with van der Waals surface area (Å²) in [6, 6.07) is 0. The van der Waals surface area contributed by atoms with Crippen LogP contribution in [0.5, 0.6) is 0 Å². The van der Waals surface area contributed by atoms with Crippen LogP contribution in [0.2, 0.25) is 0 Å². The van der Waals surface area contributed by atoms with E-state index in [1.54, 1.807) is 0 Å².